The third-order valence-corrected chi connectivity index (χ3v) is 0. The zero-order chi connectivity index (χ0) is 2.00. The van der Waals surface area contributed by atoms with Gasteiger partial charge in [-0.2, -0.15) is 0 Å². The summed E-state index contributed by atoms with van der Waals surface area (Å²) in [7, 11) is 0. The van der Waals surface area contributed by atoms with E-state index in [2.05, 4.69) is 0 Å². The molecule has 0 amide bonds. The van der Waals surface area contributed by atoms with Crippen LogP contribution in [0.1, 0.15) is 0 Å². The summed E-state index contributed by atoms with van der Waals surface area (Å²) in [6.07, 6.45) is 0. The number of hydrogen-bond acceptors (Lipinski definition) is 1. The van der Waals surface area contributed by atoms with Crippen LogP contribution in [0.25, 0.3) is 0 Å². The molecule has 0 heterocycles. The first-order valence-electron chi connectivity index (χ1n) is 0.289. The van der Waals surface area contributed by atoms with E-state index in [1.54, 1.807) is 0 Å². The second kappa shape index (κ2) is 19.5. The first-order chi connectivity index (χ1) is 1.00. The molecule has 2 radical (unpaired) electrons. The van der Waals surface area contributed by atoms with Gasteiger partial charge in [-0.3, -0.25) is 0 Å². The molecule has 0 atom stereocenters. The van der Waals surface area contributed by atoms with E-state index in [4.69, 9.17) is 3.57 Å². The van der Waals surface area contributed by atoms with Crippen molar-refractivity contribution in [3.63, 3.8) is 0 Å². The molecule has 0 aromatic heterocycles. The molecule has 0 saturated carbocycles. The van der Waals surface area contributed by atoms with Crippen molar-refractivity contribution in [3.05, 3.63) is 0 Å². The van der Waals surface area contributed by atoms with Gasteiger partial charge >= 0.3 is 71.6 Å². The first-order valence-corrected chi connectivity index (χ1v) is 1.50. The molecule has 0 rings (SSSR count). The Balaban J connectivity index is -0.00000000500. The van der Waals surface area contributed by atoms with E-state index in [9.17, 15) is 0 Å². The fraction of sp³-hybridized carbons (Fsp3) is 0. The Morgan fingerprint density at radius 1 is 1.25 bits per heavy atom. The summed E-state index contributed by atoms with van der Waals surface area (Å²) in [5.74, 6) is 0. The van der Waals surface area contributed by atoms with Crippen LogP contribution in [-0.2, 0) is 21.8 Å². The van der Waals surface area contributed by atoms with Gasteiger partial charge in [-0.25, -0.2) is 0 Å². The Morgan fingerprint density at radius 2 is 1.25 bits per heavy atom. The summed E-state index contributed by atoms with van der Waals surface area (Å²) in [5.41, 5.74) is 0. The third kappa shape index (κ3) is 8.94. The molecule has 0 bridgehead atoms. The Morgan fingerprint density at radius 3 is 1.25 bits per heavy atom. The van der Waals surface area contributed by atoms with Gasteiger partial charge in [0.1, 0.15) is 0 Å². The van der Waals surface area contributed by atoms with Crippen molar-refractivity contribution in [2.45, 2.75) is 0 Å². The maximum atomic E-state index is 8.38. The van der Waals surface area contributed by atoms with Crippen LogP contribution < -0.4 is 0 Å². The molecule has 0 aromatic rings. The average molecular weight is 320 g/mol. The molecule has 0 fully saturated rings. The normalized spacial score (nSPS) is 1.50. The maximum absolute atomic E-state index is 8.38. The molecule has 4 heteroatoms. The van der Waals surface area contributed by atoms with Gasteiger partial charge in [0.2, 0.25) is 0 Å². The minimum absolute atomic E-state index is 0. The third-order valence-electron chi connectivity index (χ3n) is 0. The molecule has 4 heavy (non-hydrogen) atoms. The monoisotopic (exact) mass is 320 g/mol. The standard InChI is InChI=1S/In.O.Sn.Zn.5H. The Kier molecular flexibility index (Phi) is 80.5. The van der Waals surface area contributed by atoms with Gasteiger partial charge in [0.25, 0.3) is 0 Å². The van der Waals surface area contributed by atoms with Gasteiger partial charge in [0, 0.05) is 0 Å². The summed E-state index contributed by atoms with van der Waals surface area (Å²) in [4.78, 5) is 0. The molecule has 0 unspecified atom stereocenters. The summed E-state index contributed by atoms with van der Waals surface area (Å²) in [5, 5.41) is 0. The van der Waals surface area contributed by atoms with E-state index >= 15 is 0 Å². The molecular formula is H5InOSnZn. The molecule has 1 nitrogen and oxygen atoms in total. The fourth-order valence-electron chi connectivity index (χ4n) is 0. The van der Waals surface area contributed by atoms with Crippen molar-refractivity contribution in [3.8, 4) is 0 Å². The fourth-order valence-corrected chi connectivity index (χ4v) is 0. The zero-order valence-corrected chi connectivity index (χ0v) is 8.83. The number of hydrogen-bond donors (Lipinski definition) is 0. The molecule has 0 aliphatic heterocycles. The van der Waals surface area contributed by atoms with Crippen LogP contribution in [0.3, 0.4) is 0 Å². The second-order valence-corrected chi connectivity index (χ2v) is 0. The quantitative estimate of drug-likeness (QED) is 0.462. The molecule has 20 valence electrons. The van der Waals surface area contributed by atoms with Crippen molar-refractivity contribution < 1.29 is 21.8 Å². The number of rotatable bonds is 0. The van der Waals surface area contributed by atoms with Crippen LogP contribution in [0.5, 0.6) is 0 Å². The van der Waals surface area contributed by atoms with Crippen molar-refractivity contribution in [2.24, 2.45) is 0 Å². The van der Waals surface area contributed by atoms with Crippen LogP contribution in [0, 0.1) is 0 Å². The summed E-state index contributed by atoms with van der Waals surface area (Å²) < 4.78 is 8.38. The van der Waals surface area contributed by atoms with Crippen LogP contribution in [-0.4, -0.2) is 49.8 Å². The zero-order valence-electron chi connectivity index (χ0n) is 1.82. The van der Waals surface area contributed by atoms with E-state index in [1.807, 2.05) is 0 Å². The van der Waals surface area contributed by atoms with Gasteiger partial charge in [-0.15, -0.1) is 0 Å². The molecule has 0 aliphatic carbocycles. The Hall–Kier alpha value is 2.09. The summed E-state index contributed by atoms with van der Waals surface area (Å²) >= 11 is 0.125. The van der Waals surface area contributed by atoms with Gasteiger partial charge in [-0.1, -0.05) is 0 Å². The van der Waals surface area contributed by atoms with Crippen LogP contribution in [0.15, 0.2) is 0 Å². The topological polar surface area (TPSA) is 17.1 Å². The van der Waals surface area contributed by atoms with E-state index in [0.717, 1.165) is 0 Å². The Bertz CT molecular complexity index is 8.00. The summed E-state index contributed by atoms with van der Waals surface area (Å²) in [6.45, 7) is 0. The molecule has 0 saturated heterocycles. The summed E-state index contributed by atoms with van der Waals surface area (Å²) in [6, 6.07) is 0. The average Bonchev–Trinajstić information content (AvgIpc) is 1.00. The predicted octanol–water partition coefficient (Wildman–Crippen LogP) is -2.22. The van der Waals surface area contributed by atoms with Crippen LogP contribution in [0.2, 0.25) is 0 Å². The Labute approximate surface area is 70.6 Å². The van der Waals surface area contributed by atoms with Gasteiger partial charge in [-0.05, 0) is 0 Å². The van der Waals surface area contributed by atoms with Crippen molar-refractivity contribution in [1.29, 1.82) is 0 Å². The molecule has 0 N–H and O–H groups in total. The molecule has 0 aliphatic rings. The van der Waals surface area contributed by atoms with E-state index < -0.39 is 0 Å². The van der Waals surface area contributed by atoms with Crippen molar-refractivity contribution in [1.82, 2.24) is 0 Å². The van der Waals surface area contributed by atoms with E-state index in [1.165, 1.54) is 0 Å². The van der Waals surface area contributed by atoms with Crippen molar-refractivity contribution >= 4 is 49.8 Å². The van der Waals surface area contributed by atoms with Crippen molar-refractivity contribution in [2.75, 3.05) is 0 Å². The molecule has 0 aromatic carbocycles. The first kappa shape index (κ1) is 16.5. The van der Waals surface area contributed by atoms with Gasteiger partial charge in [0.15, 0.2) is 0 Å². The predicted molar refractivity (Wildman–Crippen MR) is 19.2 cm³/mol. The molecular weight excluding hydrogens is 315 g/mol. The SMILES string of the molecule is [InH3].[O]=[Zn].[SnH2]. The van der Waals surface area contributed by atoms with E-state index in [-0.39, 0.29) is 68.0 Å². The minimum atomic E-state index is 0. The molecule has 0 spiro atoms. The van der Waals surface area contributed by atoms with Gasteiger partial charge < -0.3 is 0 Å². The van der Waals surface area contributed by atoms with Crippen LogP contribution >= 0.6 is 0 Å². The van der Waals surface area contributed by atoms with Crippen LogP contribution in [0.4, 0.5) is 0 Å². The van der Waals surface area contributed by atoms with E-state index in [0.29, 0.717) is 0 Å². The second-order valence-electron chi connectivity index (χ2n) is 0. The van der Waals surface area contributed by atoms with Gasteiger partial charge in [0.05, 0.1) is 0 Å².